The third kappa shape index (κ3) is 1.50. The number of benzene rings is 1. The molecule has 0 atom stereocenters. The fourth-order valence-electron chi connectivity index (χ4n) is 1.28. The maximum absolute atomic E-state index is 11.7. The highest BCUT2D eigenvalue weighted by molar-refractivity contribution is 5.53. The Morgan fingerprint density at radius 3 is 2.62 bits per heavy atom. The summed E-state index contributed by atoms with van der Waals surface area (Å²) in [5.74, 6) is -0.459. The van der Waals surface area contributed by atoms with Crippen molar-refractivity contribution in [2.75, 3.05) is 0 Å². The summed E-state index contributed by atoms with van der Waals surface area (Å²) in [5.41, 5.74) is -0.593. The summed E-state index contributed by atoms with van der Waals surface area (Å²) < 4.78 is 1.04. The average Bonchev–Trinajstić information content (AvgIpc) is 2.31. The van der Waals surface area contributed by atoms with Gasteiger partial charge in [0, 0.05) is 0 Å². The molecule has 78 valence electrons. The van der Waals surface area contributed by atoms with Crippen molar-refractivity contribution in [2.24, 2.45) is 0 Å². The third-order valence-corrected chi connectivity index (χ3v) is 2.03. The minimum atomic E-state index is -0.686. The Morgan fingerprint density at radius 2 is 2.00 bits per heavy atom. The summed E-state index contributed by atoms with van der Waals surface area (Å²) >= 11 is 0. The van der Waals surface area contributed by atoms with Gasteiger partial charge in [0.2, 0.25) is 11.1 Å². The molecule has 0 saturated carbocycles. The van der Waals surface area contributed by atoms with E-state index in [0.717, 1.165) is 10.9 Å². The molecule has 1 aromatic heterocycles. The van der Waals surface area contributed by atoms with Crippen LogP contribution in [0.1, 0.15) is 0 Å². The van der Waals surface area contributed by atoms with Crippen LogP contribution in [0.15, 0.2) is 41.3 Å². The molecule has 6 heteroatoms. The molecule has 1 N–H and O–H groups in total. The number of nitrogens with zero attached hydrogens (tertiary/aromatic N) is 4. The fourth-order valence-corrected chi connectivity index (χ4v) is 1.28. The van der Waals surface area contributed by atoms with Gasteiger partial charge >= 0.3 is 11.2 Å². The molecular weight excluding hydrogens is 208 g/mol. The van der Waals surface area contributed by atoms with Gasteiger partial charge in [-0.25, -0.2) is 0 Å². The fraction of sp³-hybridized carbons (Fsp3) is 0. The maximum atomic E-state index is 11.7. The first-order valence-electron chi connectivity index (χ1n) is 4.46. The summed E-state index contributed by atoms with van der Waals surface area (Å²) in [6.07, 6.45) is 1.05. The molecule has 0 bridgehead atoms. The minimum Gasteiger partial charge on any atom is -0.500 e. The lowest BCUT2D eigenvalue weighted by molar-refractivity contribution is 0.470. The number of hydrogen-bond acceptors (Lipinski definition) is 4. The normalized spacial score (nSPS) is 9.69. The predicted molar refractivity (Wildman–Crippen MR) is 56.2 cm³/mol. The van der Waals surface area contributed by atoms with Gasteiger partial charge in [0.25, 0.3) is 0 Å². The molecule has 1 aromatic carbocycles. The average molecular weight is 215 g/mol. The quantitative estimate of drug-likeness (QED) is 0.729. The lowest BCUT2D eigenvalue weighted by Crippen LogP contribution is -2.19. The van der Waals surface area contributed by atoms with Gasteiger partial charge in [-0.15, -0.1) is 0 Å². The molecule has 0 spiro atoms. The second kappa shape index (κ2) is 3.82. The van der Waals surface area contributed by atoms with Crippen LogP contribution in [0.4, 0.5) is 5.69 Å². The van der Waals surface area contributed by atoms with E-state index in [2.05, 4.69) is 10.1 Å². The first-order chi connectivity index (χ1) is 7.74. The molecular formula is C10H7N4O2+. The molecule has 0 unspecified atom stereocenters. The van der Waals surface area contributed by atoms with Crippen LogP contribution in [0.5, 0.6) is 5.75 Å². The Labute approximate surface area is 90.0 Å². The number of para-hydroxylation sites is 1. The van der Waals surface area contributed by atoms with E-state index >= 15 is 0 Å². The molecule has 0 aliphatic heterocycles. The Bertz CT molecular complexity index is 613. The van der Waals surface area contributed by atoms with Crippen LogP contribution in [0.25, 0.3) is 10.7 Å². The standard InChI is InChI=1S/C10H6N4O2/c11-13-9-8(15)6-12-14(10(9)16)7-4-2-1-3-5-7/h1-6H/p+1. The molecule has 0 amide bonds. The SMILES string of the molecule is N#[N+]c1c(O)cnn(-c2ccccc2)c1=O. The third-order valence-electron chi connectivity index (χ3n) is 2.03. The molecule has 0 fully saturated rings. The molecule has 6 nitrogen and oxygen atoms in total. The van der Waals surface area contributed by atoms with Crippen LogP contribution < -0.4 is 5.56 Å². The van der Waals surface area contributed by atoms with Crippen molar-refractivity contribution in [2.45, 2.75) is 0 Å². The van der Waals surface area contributed by atoms with E-state index in [-0.39, 0.29) is 0 Å². The van der Waals surface area contributed by atoms with Crippen molar-refractivity contribution < 1.29 is 5.11 Å². The summed E-state index contributed by atoms with van der Waals surface area (Å²) in [6.45, 7) is 0. The maximum Gasteiger partial charge on any atom is 0.493 e. The van der Waals surface area contributed by atoms with E-state index in [1.165, 1.54) is 0 Å². The zero-order chi connectivity index (χ0) is 11.5. The van der Waals surface area contributed by atoms with E-state index in [9.17, 15) is 9.90 Å². The Kier molecular flexibility index (Phi) is 2.36. The van der Waals surface area contributed by atoms with Crippen LogP contribution in [0.2, 0.25) is 0 Å². The monoisotopic (exact) mass is 215 g/mol. The topological polar surface area (TPSA) is 83.3 Å². The van der Waals surface area contributed by atoms with Gasteiger partial charge in [-0.05, 0) is 12.1 Å². The van der Waals surface area contributed by atoms with Crippen LogP contribution in [0, 0.1) is 5.39 Å². The first kappa shape index (κ1) is 9.86. The van der Waals surface area contributed by atoms with Crippen molar-refractivity contribution in [1.82, 2.24) is 9.78 Å². The van der Waals surface area contributed by atoms with Gasteiger partial charge in [0.1, 0.15) is 0 Å². The van der Waals surface area contributed by atoms with Gasteiger partial charge in [0.05, 0.1) is 11.9 Å². The van der Waals surface area contributed by atoms with Crippen molar-refractivity contribution in [3.05, 3.63) is 51.9 Å². The van der Waals surface area contributed by atoms with Crippen LogP contribution in [-0.4, -0.2) is 14.9 Å². The molecule has 0 saturated heterocycles. The molecule has 2 rings (SSSR count). The van der Waals surface area contributed by atoms with Crippen molar-refractivity contribution in [3.63, 3.8) is 0 Å². The lowest BCUT2D eigenvalue weighted by atomic mass is 10.3. The summed E-state index contributed by atoms with van der Waals surface area (Å²) in [5, 5.41) is 21.6. The van der Waals surface area contributed by atoms with Gasteiger partial charge in [-0.3, -0.25) is 4.79 Å². The zero-order valence-corrected chi connectivity index (χ0v) is 8.11. The molecule has 16 heavy (non-hydrogen) atoms. The van der Waals surface area contributed by atoms with Crippen LogP contribution in [0.3, 0.4) is 0 Å². The molecule has 2 aromatic rings. The van der Waals surface area contributed by atoms with Gasteiger partial charge in [-0.2, -0.15) is 9.78 Å². The summed E-state index contributed by atoms with van der Waals surface area (Å²) in [6, 6.07) is 8.63. The van der Waals surface area contributed by atoms with E-state index in [1.54, 1.807) is 30.3 Å². The Morgan fingerprint density at radius 1 is 1.31 bits per heavy atom. The highest BCUT2D eigenvalue weighted by atomic mass is 16.3. The predicted octanol–water partition coefficient (Wildman–Crippen LogP) is 1.42. The van der Waals surface area contributed by atoms with Gasteiger partial charge in [0.15, 0.2) is 4.98 Å². The first-order valence-corrected chi connectivity index (χ1v) is 4.46. The van der Waals surface area contributed by atoms with E-state index in [1.807, 2.05) is 0 Å². The Balaban J connectivity index is 2.71. The van der Waals surface area contributed by atoms with Gasteiger partial charge < -0.3 is 5.11 Å². The van der Waals surface area contributed by atoms with Gasteiger partial charge in [-0.1, -0.05) is 18.2 Å². The zero-order valence-electron chi connectivity index (χ0n) is 8.11. The minimum absolute atomic E-state index is 0.432. The van der Waals surface area contributed by atoms with E-state index < -0.39 is 17.0 Å². The largest absolute Gasteiger partial charge is 0.500 e. The summed E-state index contributed by atoms with van der Waals surface area (Å²) in [4.78, 5) is 14.4. The number of hydrogen-bond donors (Lipinski definition) is 1. The lowest BCUT2D eigenvalue weighted by Gasteiger charge is -2.01. The second-order valence-corrected chi connectivity index (χ2v) is 3.03. The highest BCUT2D eigenvalue weighted by Gasteiger charge is 2.22. The summed E-state index contributed by atoms with van der Waals surface area (Å²) in [7, 11) is 0. The molecule has 0 radical (unpaired) electrons. The number of aromatic nitrogens is 2. The molecule has 1 heterocycles. The number of aromatic hydroxyl groups is 1. The number of diazo groups is 1. The van der Waals surface area contributed by atoms with Crippen molar-refractivity contribution >= 4 is 5.69 Å². The van der Waals surface area contributed by atoms with E-state index in [4.69, 9.17) is 5.39 Å². The Hall–Kier alpha value is -2.68. The second-order valence-electron chi connectivity index (χ2n) is 3.03. The smallest absolute Gasteiger partial charge is 0.493 e. The number of rotatable bonds is 1. The van der Waals surface area contributed by atoms with Crippen molar-refractivity contribution in [1.29, 1.82) is 5.39 Å². The molecule has 0 aliphatic rings. The highest BCUT2D eigenvalue weighted by Crippen LogP contribution is 2.19. The van der Waals surface area contributed by atoms with Crippen molar-refractivity contribution in [3.8, 4) is 11.4 Å². The van der Waals surface area contributed by atoms with Crippen LogP contribution in [-0.2, 0) is 0 Å². The van der Waals surface area contributed by atoms with E-state index in [0.29, 0.717) is 5.69 Å². The van der Waals surface area contributed by atoms with Crippen LogP contribution >= 0.6 is 0 Å². The molecule has 0 aliphatic carbocycles.